The standard InChI is InChI=1S/C11H8ClNO3.H2O/c12-8-4-5-13-11-7(8)2-1-3-9(11)16-6-10(14)15;/h1-5H,6H2,(H,14,15);1H2. The fraction of sp³-hybridized carbons (Fsp3) is 0.0909. The first kappa shape index (κ1) is 13.2. The lowest BCUT2D eigenvalue weighted by atomic mass is 10.2. The predicted molar refractivity (Wildman–Crippen MR) is 63.5 cm³/mol. The quantitative estimate of drug-likeness (QED) is 0.900. The summed E-state index contributed by atoms with van der Waals surface area (Å²) in [5.74, 6) is -0.610. The molecule has 0 radical (unpaired) electrons. The van der Waals surface area contributed by atoms with Gasteiger partial charge in [-0.2, -0.15) is 0 Å². The highest BCUT2D eigenvalue weighted by Gasteiger charge is 2.07. The number of carbonyl (C=O) groups is 1. The van der Waals surface area contributed by atoms with Gasteiger partial charge in [-0.15, -0.1) is 0 Å². The molecule has 0 spiro atoms. The number of halogens is 1. The lowest BCUT2D eigenvalue weighted by molar-refractivity contribution is -0.139. The molecule has 17 heavy (non-hydrogen) atoms. The highest BCUT2D eigenvalue weighted by atomic mass is 35.5. The number of fused-ring (bicyclic) bond motifs is 1. The molecule has 0 bridgehead atoms. The van der Waals surface area contributed by atoms with Crippen LogP contribution in [0.5, 0.6) is 5.75 Å². The predicted octanol–water partition coefficient (Wildman–Crippen LogP) is 1.53. The van der Waals surface area contributed by atoms with Gasteiger partial charge in [-0.05, 0) is 12.1 Å². The molecule has 0 aliphatic heterocycles. The van der Waals surface area contributed by atoms with Gasteiger partial charge in [0.1, 0.15) is 11.3 Å². The maximum atomic E-state index is 10.4. The average molecular weight is 256 g/mol. The van der Waals surface area contributed by atoms with E-state index in [0.29, 0.717) is 16.3 Å². The van der Waals surface area contributed by atoms with Crippen LogP contribution in [0.2, 0.25) is 5.02 Å². The number of carboxylic acids is 1. The van der Waals surface area contributed by atoms with Gasteiger partial charge in [0.25, 0.3) is 0 Å². The smallest absolute Gasteiger partial charge is 0.341 e. The molecule has 0 aliphatic carbocycles. The minimum atomic E-state index is -1.03. The van der Waals surface area contributed by atoms with E-state index in [0.717, 1.165) is 5.39 Å². The topological polar surface area (TPSA) is 90.9 Å². The van der Waals surface area contributed by atoms with Crippen LogP contribution in [0.1, 0.15) is 0 Å². The van der Waals surface area contributed by atoms with Crippen LogP contribution in [-0.4, -0.2) is 28.1 Å². The van der Waals surface area contributed by atoms with Crippen molar-refractivity contribution in [1.29, 1.82) is 0 Å². The highest BCUT2D eigenvalue weighted by molar-refractivity contribution is 6.35. The van der Waals surface area contributed by atoms with Crippen LogP contribution in [0, 0.1) is 0 Å². The number of benzene rings is 1. The van der Waals surface area contributed by atoms with E-state index in [9.17, 15) is 4.79 Å². The van der Waals surface area contributed by atoms with Gasteiger partial charge in [-0.25, -0.2) is 4.79 Å². The van der Waals surface area contributed by atoms with Crippen molar-refractivity contribution in [3.05, 3.63) is 35.5 Å². The van der Waals surface area contributed by atoms with E-state index in [1.54, 1.807) is 30.5 Å². The molecule has 1 aromatic heterocycles. The minimum Gasteiger partial charge on any atom is -0.480 e. The Morgan fingerprint density at radius 1 is 1.41 bits per heavy atom. The van der Waals surface area contributed by atoms with E-state index in [1.807, 2.05) is 0 Å². The molecule has 1 aromatic carbocycles. The Balaban J connectivity index is 0.00000144. The largest absolute Gasteiger partial charge is 0.480 e. The van der Waals surface area contributed by atoms with E-state index >= 15 is 0 Å². The molecule has 0 aliphatic rings. The average Bonchev–Trinajstić information content (AvgIpc) is 2.27. The Kier molecular flexibility index (Phi) is 4.25. The van der Waals surface area contributed by atoms with Crippen molar-refractivity contribution >= 4 is 28.5 Å². The summed E-state index contributed by atoms with van der Waals surface area (Å²) >= 11 is 5.98. The van der Waals surface area contributed by atoms with Crippen molar-refractivity contribution in [2.45, 2.75) is 0 Å². The van der Waals surface area contributed by atoms with Crippen molar-refractivity contribution in [2.24, 2.45) is 0 Å². The summed E-state index contributed by atoms with van der Waals surface area (Å²) < 4.78 is 5.12. The van der Waals surface area contributed by atoms with E-state index < -0.39 is 12.6 Å². The number of aliphatic carboxylic acids is 1. The molecule has 2 aromatic rings. The molecule has 2 rings (SSSR count). The number of hydrogen-bond donors (Lipinski definition) is 1. The molecule has 0 unspecified atom stereocenters. The van der Waals surface area contributed by atoms with Gasteiger partial charge < -0.3 is 15.3 Å². The zero-order valence-electron chi connectivity index (χ0n) is 8.68. The minimum absolute atomic E-state index is 0. The van der Waals surface area contributed by atoms with Gasteiger partial charge >= 0.3 is 5.97 Å². The number of aromatic nitrogens is 1. The second kappa shape index (κ2) is 5.47. The van der Waals surface area contributed by atoms with Gasteiger partial charge in [0, 0.05) is 11.6 Å². The number of para-hydroxylation sites is 1. The molecule has 0 saturated carbocycles. The third-order valence-corrected chi connectivity index (χ3v) is 2.36. The molecule has 1 heterocycles. The normalized spacial score (nSPS) is 9.71. The number of nitrogens with zero attached hydrogens (tertiary/aromatic N) is 1. The van der Waals surface area contributed by atoms with Gasteiger partial charge in [0.05, 0.1) is 5.02 Å². The summed E-state index contributed by atoms with van der Waals surface area (Å²) in [5.41, 5.74) is 0.566. The molecule has 90 valence electrons. The lowest BCUT2D eigenvalue weighted by Gasteiger charge is -2.06. The van der Waals surface area contributed by atoms with Crippen molar-refractivity contribution in [2.75, 3.05) is 6.61 Å². The fourth-order valence-corrected chi connectivity index (χ4v) is 1.58. The summed E-state index contributed by atoms with van der Waals surface area (Å²) in [5, 5.41) is 9.83. The van der Waals surface area contributed by atoms with Crippen LogP contribution in [0.15, 0.2) is 30.5 Å². The van der Waals surface area contributed by atoms with Crippen molar-refractivity contribution in [3.8, 4) is 5.75 Å². The number of rotatable bonds is 3. The zero-order chi connectivity index (χ0) is 11.5. The Morgan fingerprint density at radius 2 is 2.18 bits per heavy atom. The third kappa shape index (κ3) is 2.83. The summed E-state index contributed by atoms with van der Waals surface area (Å²) in [7, 11) is 0. The summed E-state index contributed by atoms with van der Waals surface area (Å²) in [6.45, 7) is -0.396. The van der Waals surface area contributed by atoms with Crippen LogP contribution in [0.3, 0.4) is 0 Å². The van der Waals surface area contributed by atoms with Crippen LogP contribution in [0.25, 0.3) is 10.9 Å². The summed E-state index contributed by atoms with van der Waals surface area (Å²) in [6, 6.07) is 6.88. The van der Waals surface area contributed by atoms with Gasteiger partial charge in [0.2, 0.25) is 0 Å². The van der Waals surface area contributed by atoms with Crippen LogP contribution >= 0.6 is 11.6 Å². The highest BCUT2D eigenvalue weighted by Crippen LogP contribution is 2.28. The Labute approximate surface area is 102 Å². The molecule has 5 nitrogen and oxygen atoms in total. The number of carboxylic acid groups (broad SMARTS) is 1. The Hall–Kier alpha value is -1.85. The zero-order valence-corrected chi connectivity index (χ0v) is 9.44. The van der Waals surface area contributed by atoms with E-state index in [2.05, 4.69) is 4.98 Å². The van der Waals surface area contributed by atoms with Crippen molar-refractivity contribution < 1.29 is 20.1 Å². The van der Waals surface area contributed by atoms with Crippen LogP contribution < -0.4 is 4.74 Å². The number of ether oxygens (including phenoxy) is 1. The first-order valence-corrected chi connectivity index (χ1v) is 4.94. The lowest BCUT2D eigenvalue weighted by Crippen LogP contribution is -2.09. The first-order valence-electron chi connectivity index (χ1n) is 4.56. The maximum Gasteiger partial charge on any atom is 0.341 e. The van der Waals surface area contributed by atoms with Crippen molar-refractivity contribution in [3.63, 3.8) is 0 Å². The summed E-state index contributed by atoms with van der Waals surface area (Å²) in [4.78, 5) is 14.5. The monoisotopic (exact) mass is 255 g/mol. The molecule has 0 fully saturated rings. The second-order valence-electron chi connectivity index (χ2n) is 3.13. The molecular weight excluding hydrogens is 246 g/mol. The van der Waals surface area contributed by atoms with Crippen LogP contribution in [0.4, 0.5) is 0 Å². The van der Waals surface area contributed by atoms with Gasteiger partial charge in [0.15, 0.2) is 6.61 Å². The van der Waals surface area contributed by atoms with E-state index in [4.69, 9.17) is 21.4 Å². The Bertz CT molecular complexity index is 544. The SMILES string of the molecule is O.O=C(O)COc1cccc2c(Cl)ccnc12. The van der Waals surface area contributed by atoms with Gasteiger partial charge in [-0.3, -0.25) is 4.98 Å². The van der Waals surface area contributed by atoms with E-state index in [-0.39, 0.29) is 5.48 Å². The van der Waals surface area contributed by atoms with Crippen LogP contribution in [-0.2, 0) is 4.79 Å². The molecule has 3 N–H and O–H groups in total. The van der Waals surface area contributed by atoms with Crippen molar-refractivity contribution in [1.82, 2.24) is 4.98 Å². The first-order chi connectivity index (χ1) is 7.68. The van der Waals surface area contributed by atoms with Gasteiger partial charge in [-0.1, -0.05) is 23.7 Å². The third-order valence-electron chi connectivity index (χ3n) is 2.03. The molecular formula is C11H10ClNO4. The molecule has 6 heteroatoms. The molecule has 0 atom stereocenters. The number of hydrogen-bond acceptors (Lipinski definition) is 3. The Morgan fingerprint density at radius 3 is 2.88 bits per heavy atom. The molecule has 0 amide bonds. The van der Waals surface area contributed by atoms with E-state index in [1.165, 1.54) is 0 Å². The molecule has 0 saturated heterocycles. The maximum absolute atomic E-state index is 10.4. The fourth-order valence-electron chi connectivity index (χ4n) is 1.37. The number of pyridine rings is 1. The second-order valence-corrected chi connectivity index (χ2v) is 3.53. The summed E-state index contributed by atoms with van der Waals surface area (Å²) in [6.07, 6.45) is 1.55.